The van der Waals surface area contributed by atoms with Gasteiger partial charge in [0, 0.05) is 41.2 Å². The first-order valence-corrected chi connectivity index (χ1v) is 8.33. The number of hydrogen-bond donors (Lipinski definition) is 0. The van der Waals surface area contributed by atoms with Gasteiger partial charge in [0.05, 0.1) is 6.04 Å². The van der Waals surface area contributed by atoms with Crippen molar-refractivity contribution in [1.82, 2.24) is 9.88 Å². The van der Waals surface area contributed by atoms with Gasteiger partial charge in [0.15, 0.2) is 0 Å². The second kappa shape index (κ2) is 7.89. The molecule has 0 spiro atoms. The highest BCUT2D eigenvalue weighted by atomic mass is 35.5. The highest BCUT2D eigenvalue weighted by Gasteiger charge is 2.24. The Labute approximate surface area is 154 Å². The van der Waals surface area contributed by atoms with E-state index in [1.54, 1.807) is 42.5 Å². The van der Waals surface area contributed by atoms with Crippen LogP contribution in [0.1, 0.15) is 22.7 Å². The minimum Gasteiger partial charge on any atom is -0.291 e. The highest BCUT2D eigenvalue weighted by Crippen LogP contribution is 2.32. The van der Waals surface area contributed by atoms with E-state index in [0.29, 0.717) is 16.1 Å². The Morgan fingerprint density at radius 2 is 1.85 bits per heavy atom. The molecule has 0 fully saturated rings. The molecule has 1 aromatic heterocycles. The molecule has 1 unspecified atom stereocenters. The minimum absolute atomic E-state index is 0.141. The lowest BCUT2D eigenvalue weighted by Crippen LogP contribution is -2.27. The van der Waals surface area contributed by atoms with Crippen LogP contribution >= 0.6 is 11.6 Å². The Morgan fingerprint density at radius 3 is 2.50 bits per heavy atom. The summed E-state index contributed by atoms with van der Waals surface area (Å²) >= 11 is 6.12. The third-order valence-electron chi connectivity index (χ3n) is 4.17. The van der Waals surface area contributed by atoms with Crippen LogP contribution in [0.2, 0.25) is 5.02 Å². The predicted octanol–water partition coefficient (Wildman–Crippen LogP) is 5.37. The summed E-state index contributed by atoms with van der Waals surface area (Å²) in [6.07, 6.45) is 3.21. The number of aromatic nitrogens is 1. The van der Waals surface area contributed by atoms with Gasteiger partial charge in [0.1, 0.15) is 17.5 Å². The van der Waals surface area contributed by atoms with Gasteiger partial charge in [-0.05, 0) is 36.9 Å². The van der Waals surface area contributed by atoms with Crippen LogP contribution < -0.4 is 0 Å². The first-order valence-electron chi connectivity index (χ1n) is 7.95. The van der Waals surface area contributed by atoms with Crippen molar-refractivity contribution in [3.8, 4) is 0 Å². The van der Waals surface area contributed by atoms with E-state index in [0.717, 1.165) is 6.07 Å². The summed E-state index contributed by atoms with van der Waals surface area (Å²) < 4.78 is 42.0. The number of halogens is 4. The summed E-state index contributed by atoms with van der Waals surface area (Å²) in [5, 5.41) is 0.293. The Morgan fingerprint density at radius 1 is 1.04 bits per heavy atom. The molecule has 0 bridgehead atoms. The Hall–Kier alpha value is -2.37. The van der Waals surface area contributed by atoms with Gasteiger partial charge in [-0.25, -0.2) is 13.2 Å². The first-order chi connectivity index (χ1) is 12.5. The lowest BCUT2D eigenvalue weighted by atomic mass is 9.97. The average Bonchev–Trinajstić information content (AvgIpc) is 2.61. The predicted molar refractivity (Wildman–Crippen MR) is 95.3 cm³/mol. The van der Waals surface area contributed by atoms with E-state index < -0.39 is 23.5 Å². The summed E-state index contributed by atoms with van der Waals surface area (Å²) in [5.41, 5.74) is 1.29. The maximum absolute atomic E-state index is 14.5. The molecule has 0 amide bonds. The zero-order valence-electron chi connectivity index (χ0n) is 14.0. The van der Waals surface area contributed by atoms with Crippen molar-refractivity contribution in [2.75, 3.05) is 7.05 Å². The standard InChI is InChI=1S/C20H16ClF3N2/c1-26(12-16-17(21)5-2-6-18(16)23)20(13-4-3-9-25-11-13)15-8-7-14(22)10-19(15)24/h2-11,20H,12H2,1H3. The molecular weight excluding hydrogens is 361 g/mol. The monoisotopic (exact) mass is 376 g/mol. The zero-order chi connectivity index (χ0) is 18.7. The van der Waals surface area contributed by atoms with Crippen LogP contribution in [-0.2, 0) is 6.54 Å². The third-order valence-corrected chi connectivity index (χ3v) is 4.52. The van der Waals surface area contributed by atoms with Crippen molar-refractivity contribution in [1.29, 1.82) is 0 Å². The molecule has 2 aromatic carbocycles. The van der Waals surface area contributed by atoms with Crippen molar-refractivity contribution in [3.05, 3.63) is 100 Å². The summed E-state index contributed by atoms with van der Waals surface area (Å²) in [7, 11) is 1.73. The molecule has 6 heteroatoms. The number of hydrogen-bond acceptors (Lipinski definition) is 2. The van der Waals surface area contributed by atoms with Gasteiger partial charge in [0.25, 0.3) is 0 Å². The van der Waals surface area contributed by atoms with Crippen molar-refractivity contribution in [2.45, 2.75) is 12.6 Å². The smallest absolute Gasteiger partial charge is 0.131 e. The van der Waals surface area contributed by atoms with Gasteiger partial charge in [-0.15, -0.1) is 0 Å². The Bertz CT molecular complexity index is 883. The fraction of sp³-hybridized carbons (Fsp3) is 0.150. The molecule has 3 aromatic rings. The van der Waals surface area contributed by atoms with Gasteiger partial charge in [-0.2, -0.15) is 0 Å². The first kappa shape index (κ1) is 18.4. The zero-order valence-corrected chi connectivity index (χ0v) is 14.7. The maximum atomic E-state index is 14.5. The second-order valence-electron chi connectivity index (χ2n) is 5.97. The van der Waals surface area contributed by atoms with Crippen LogP contribution in [0.25, 0.3) is 0 Å². The quantitative estimate of drug-likeness (QED) is 0.594. The average molecular weight is 377 g/mol. The number of nitrogens with zero attached hydrogens (tertiary/aromatic N) is 2. The lowest BCUT2D eigenvalue weighted by Gasteiger charge is -2.29. The SMILES string of the molecule is CN(Cc1c(F)cccc1Cl)C(c1cccnc1)c1ccc(F)cc1F. The fourth-order valence-electron chi connectivity index (χ4n) is 2.96. The second-order valence-corrected chi connectivity index (χ2v) is 6.38. The number of rotatable bonds is 5. The van der Waals surface area contributed by atoms with Crippen LogP contribution in [0.15, 0.2) is 60.9 Å². The van der Waals surface area contributed by atoms with Crippen molar-refractivity contribution < 1.29 is 13.2 Å². The molecule has 0 N–H and O–H groups in total. The minimum atomic E-state index is -0.676. The van der Waals surface area contributed by atoms with Gasteiger partial charge in [-0.1, -0.05) is 29.8 Å². The summed E-state index contributed by atoms with van der Waals surface area (Å²) in [5.74, 6) is -1.77. The van der Waals surface area contributed by atoms with Gasteiger partial charge in [0.2, 0.25) is 0 Å². The van der Waals surface area contributed by atoms with E-state index in [4.69, 9.17) is 11.6 Å². The van der Waals surface area contributed by atoms with Gasteiger partial charge < -0.3 is 0 Å². The molecule has 0 aliphatic heterocycles. The van der Waals surface area contributed by atoms with Gasteiger partial charge in [-0.3, -0.25) is 9.88 Å². The molecule has 26 heavy (non-hydrogen) atoms. The van der Waals surface area contributed by atoms with Crippen molar-refractivity contribution in [3.63, 3.8) is 0 Å². The number of pyridine rings is 1. The van der Waals surface area contributed by atoms with Crippen molar-refractivity contribution in [2.24, 2.45) is 0 Å². The van der Waals surface area contributed by atoms with Crippen LogP contribution in [0.3, 0.4) is 0 Å². The molecule has 1 heterocycles. The van der Waals surface area contributed by atoms with Crippen molar-refractivity contribution >= 4 is 11.6 Å². The molecule has 0 aliphatic rings. The molecule has 3 rings (SSSR count). The molecule has 0 aliphatic carbocycles. The lowest BCUT2D eigenvalue weighted by molar-refractivity contribution is 0.261. The summed E-state index contributed by atoms with van der Waals surface area (Å²) in [6, 6.07) is 10.8. The molecule has 0 saturated carbocycles. The summed E-state index contributed by atoms with van der Waals surface area (Å²) in [4.78, 5) is 5.83. The van der Waals surface area contributed by atoms with E-state index in [1.165, 1.54) is 24.3 Å². The molecule has 1 atom stereocenters. The highest BCUT2D eigenvalue weighted by molar-refractivity contribution is 6.31. The maximum Gasteiger partial charge on any atom is 0.131 e. The van der Waals surface area contributed by atoms with Gasteiger partial charge >= 0.3 is 0 Å². The molecule has 0 radical (unpaired) electrons. The van der Waals surface area contributed by atoms with Crippen LogP contribution in [0, 0.1) is 17.5 Å². The largest absolute Gasteiger partial charge is 0.291 e. The van der Waals surface area contributed by atoms with E-state index >= 15 is 0 Å². The van der Waals surface area contributed by atoms with Crippen LogP contribution in [-0.4, -0.2) is 16.9 Å². The van der Waals surface area contributed by atoms with E-state index in [2.05, 4.69) is 4.98 Å². The van der Waals surface area contributed by atoms with E-state index in [-0.39, 0.29) is 12.1 Å². The third kappa shape index (κ3) is 3.89. The van der Waals surface area contributed by atoms with E-state index in [1.807, 2.05) is 0 Å². The Kier molecular flexibility index (Phi) is 5.59. The molecule has 0 saturated heterocycles. The topological polar surface area (TPSA) is 16.1 Å². The Balaban J connectivity index is 2.03. The summed E-state index contributed by atoms with van der Waals surface area (Å²) in [6.45, 7) is 0.141. The number of benzene rings is 2. The van der Waals surface area contributed by atoms with E-state index in [9.17, 15) is 13.2 Å². The fourth-order valence-corrected chi connectivity index (χ4v) is 3.18. The molecule has 2 nitrogen and oxygen atoms in total. The normalized spacial score (nSPS) is 12.4. The van der Waals surface area contributed by atoms with Crippen LogP contribution in [0.5, 0.6) is 0 Å². The molecular formula is C20H16ClF3N2. The molecule has 134 valence electrons. The van der Waals surface area contributed by atoms with Crippen LogP contribution in [0.4, 0.5) is 13.2 Å².